The number of nitriles is 1. The summed E-state index contributed by atoms with van der Waals surface area (Å²) >= 11 is 7.04. The van der Waals surface area contributed by atoms with Gasteiger partial charge in [0.25, 0.3) is 10.0 Å². The Balaban J connectivity index is 1.91. The first-order chi connectivity index (χ1) is 17.1. The van der Waals surface area contributed by atoms with Crippen molar-refractivity contribution in [3.63, 3.8) is 0 Å². The second-order valence-corrected chi connectivity index (χ2v) is 10.5. The molecule has 0 radical (unpaired) electrons. The van der Waals surface area contributed by atoms with E-state index in [2.05, 4.69) is 0 Å². The molecule has 188 valence electrons. The Kier molecular flexibility index (Phi) is 8.57. The number of ether oxygens (including phenoxy) is 2. The molecule has 2 aromatic carbocycles. The second kappa shape index (κ2) is 11.4. The largest absolute Gasteiger partial charge is 0.462 e. The van der Waals surface area contributed by atoms with Crippen LogP contribution in [0.3, 0.4) is 0 Å². The van der Waals surface area contributed by atoms with Crippen molar-refractivity contribution in [1.29, 1.82) is 5.26 Å². The van der Waals surface area contributed by atoms with Crippen molar-refractivity contribution in [1.82, 2.24) is 0 Å². The number of carbonyl (C=O) groups is 2. The highest BCUT2D eigenvalue weighted by atomic mass is 35.5. The third kappa shape index (κ3) is 5.46. The molecule has 0 aliphatic heterocycles. The molecule has 1 aromatic heterocycles. The molecule has 3 rings (SSSR count). The first-order valence-corrected chi connectivity index (χ1v) is 13.3. The monoisotopic (exact) mass is 547 g/mol. The lowest BCUT2D eigenvalue weighted by atomic mass is 10.1. The van der Waals surface area contributed by atoms with E-state index in [4.69, 9.17) is 26.8 Å². The summed E-state index contributed by atoms with van der Waals surface area (Å²) in [7, 11) is -4.03. The van der Waals surface area contributed by atoms with Gasteiger partial charge in [-0.15, -0.1) is 11.3 Å². The van der Waals surface area contributed by atoms with Gasteiger partial charge in [0, 0.05) is 12.1 Å². The molecule has 0 saturated carbocycles. The first kappa shape index (κ1) is 27.0. The van der Waals surface area contributed by atoms with Crippen LogP contribution in [-0.4, -0.2) is 33.5 Å². The van der Waals surface area contributed by atoms with Gasteiger partial charge in [0.05, 0.1) is 33.3 Å². The SMILES string of the molecule is CCOC(=O)c1sc(N)c(C#N)c1COC(=O)c1cc(S(=O)(=O)N(CC)c2ccccc2)ccc1Cl. The first-order valence-electron chi connectivity index (χ1n) is 10.7. The van der Waals surface area contributed by atoms with Gasteiger partial charge in [-0.25, -0.2) is 18.0 Å². The van der Waals surface area contributed by atoms with Crippen molar-refractivity contribution in [2.45, 2.75) is 25.3 Å². The third-order valence-corrected chi connectivity index (χ3v) is 8.30. The van der Waals surface area contributed by atoms with Crippen molar-refractivity contribution in [2.24, 2.45) is 0 Å². The molecule has 1 heterocycles. The number of para-hydroxylation sites is 1. The van der Waals surface area contributed by atoms with Gasteiger partial charge in [-0.2, -0.15) is 5.26 Å². The molecular formula is C24H22ClN3O6S2. The van der Waals surface area contributed by atoms with Gasteiger partial charge >= 0.3 is 11.9 Å². The molecule has 2 N–H and O–H groups in total. The van der Waals surface area contributed by atoms with Crippen LogP contribution in [0, 0.1) is 11.3 Å². The number of sulfonamides is 1. The van der Waals surface area contributed by atoms with E-state index in [1.54, 1.807) is 44.2 Å². The number of hydrogen-bond donors (Lipinski definition) is 1. The Hall–Kier alpha value is -3.59. The summed E-state index contributed by atoms with van der Waals surface area (Å²) in [5, 5.41) is 9.49. The fraction of sp³-hybridized carbons (Fsp3) is 0.208. The van der Waals surface area contributed by atoms with Crippen molar-refractivity contribution in [2.75, 3.05) is 23.2 Å². The highest BCUT2D eigenvalue weighted by Crippen LogP contribution is 2.33. The average molecular weight is 548 g/mol. The van der Waals surface area contributed by atoms with Crippen molar-refractivity contribution < 1.29 is 27.5 Å². The number of nitrogen functional groups attached to an aromatic ring is 1. The van der Waals surface area contributed by atoms with Crippen LogP contribution in [-0.2, 0) is 26.1 Å². The maximum absolute atomic E-state index is 13.3. The lowest BCUT2D eigenvalue weighted by Crippen LogP contribution is -2.30. The van der Waals surface area contributed by atoms with Crippen LogP contribution in [0.1, 0.15) is 45.0 Å². The molecule has 0 saturated heterocycles. The van der Waals surface area contributed by atoms with Crippen LogP contribution < -0.4 is 10.0 Å². The molecule has 0 aliphatic carbocycles. The summed E-state index contributed by atoms with van der Waals surface area (Å²) in [6.07, 6.45) is 0. The molecule has 0 amide bonds. The van der Waals surface area contributed by atoms with Crippen molar-refractivity contribution in [3.05, 3.63) is 75.1 Å². The van der Waals surface area contributed by atoms with Gasteiger partial charge in [-0.05, 0) is 44.2 Å². The van der Waals surface area contributed by atoms with Crippen LogP contribution in [0.15, 0.2) is 53.4 Å². The second-order valence-electron chi connectivity index (χ2n) is 7.20. The minimum atomic E-state index is -4.03. The Morgan fingerprint density at radius 2 is 1.81 bits per heavy atom. The number of nitrogens with two attached hydrogens (primary N) is 1. The Bertz CT molecular complexity index is 1430. The maximum Gasteiger partial charge on any atom is 0.348 e. The summed E-state index contributed by atoms with van der Waals surface area (Å²) in [5.41, 5.74) is 6.21. The highest BCUT2D eigenvalue weighted by molar-refractivity contribution is 7.92. The van der Waals surface area contributed by atoms with E-state index in [0.29, 0.717) is 5.69 Å². The number of rotatable bonds is 9. The quantitative estimate of drug-likeness (QED) is 0.383. The normalized spacial score (nSPS) is 10.9. The molecule has 0 aliphatic rings. The van der Waals surface area contributed by atoms with Crippen LogP contribution in [0.2, 0.25) is 5.02 Å². The standard InChI is InChI=1S/C24H22ClN3O6S2/c1-3-28(15-8-6-5-7-9-15)36(31,32)16-10-11-20(25)17(12-16)23(29)34-14-19-18(13-26)22(27)35-21(19)24(30)33-4-2/h5-12H,3-4,14,27H2,1-2H3. The Labute approximate surface area is 217 Å². The van der Waals surface area contributed by atoms with Crippen LogP contribution in [0.5, 0.6) is 0 Å². The van der Waals surface area contributed by atoms with Gasteiger partial charge in [0.15, 0.2) is 0 Å². The van der Waals surface area contributed by atoms with Crippen LogP contribution in [0.25, 0.3) is 0 Å². The predicted octanol–water partition coefficient (Wildman–Crippen LogP) is 4.60. The number of benzene rings is 2. The molecule has 0 bridgehead atoms. The number of hydrogen-bond acceptors (Lipinski definition) is 9. The third-order valence-electron chi connectivity index (χ3n) is 5.03. The number of thiophene rings is 1. The summed E-state index contributed by atoms with van der Waals surface area (Å²) in [5.74, 6) is -1.64. The smallest absolute Gasteiger partial charge is 0.348 e. The zero-order chi connectivity index (χ0) is 26.5. The molecular weight excluding hydrogens is 526 g/mol. The molecule has 0 unspecified atom stereocenters. The molecule has 0 fully saturated rings. The van der Waals surface area contributed by atoms with Gasteiger partial charge in [0.1, 0.15) is 22.6 Å². The van der Waals surface area contributed by atoms with E-state index in [9.17, 15) is 23.3 Å². The molecule has 36 heavy (non-hydrogen) atoms. The van der Waals surface area contributed by atoms with Crippen LogP contribution in [0.4, 0.5) is 10.7 Å². The lowest BCUT2D eigenvalue weighted by molar-refractivity contribution is 0.0452. The molecule has 3 aromatic rings. The van der Waals surface area contributed by atoms with Gasteiger partial charge in [-0.1, -0.05) is 29.8 Å². The maximum atomic E-state index is 13.3. The molecule has 9 nitrogen and oxygen atoms in total. The van der Waals surface area contributed by atoms with E-state index in [1.807, 2.05) is 6.07 Å². The van der Waals surface area contributed by atoms with Gasteiger partial charge < -0.3 is 15.2 Å². The lowest BCUT2D eigenvalue weighted by Gasteiger charge is -2.23. The minimum Gasteiger partial charge on any atom is -0.462 e. The summed E-state index contributed by atoms with van der Waals surface area (Å²) in [6, 6.07) is 14.1. The number of anilines is 2. The number of nitrogens with zero attached hydrogens (tertiary/aromatic N) is 2. The predicted molar refractivity (Wildman–Crippen MR) is 137 cm³/mol. The topological polar surface area (TPSA) is 140 Å². The van der Waals surface area contributed by atoms with E-state index >= 15 is 0 Å². The fourth-order valence-electron chi connectivity index (χ4n) is 3.36. The summed E-state index contributed by atoms with van der Waals surface area (Å²) < 4.78 is 38.2. The zero-order valence-corrected chi connectivity index (χ0v) is 21.7. The van der Waals surface area contributed by atoms with E-state index < -0.39 is 28.6 Å². The van der Waals surface area contributed by atoms with Gasteiger partial charge in [-0.3, -0.25) is 4.31 Å². The summed E-state index contributed by atoms with van der Waals surface area (Å²) in [6.45, 7) is 3.10. The minimum absolute atomic E-state index is 0.000253. The highest BCUT2D eigenvalue weighted by Gasteiger charge is 2.27. The Morgan fingerprint density at radius 1 is 1.11 bits per heavy atom. The van der Waals surface area contributed by atoms with E-state index in [-0.39, 0.29) is 49.6 Å². The fourth-order valence-corrected chi connectivity index (χ4v) is 5.97. The Morgan fingerprint density at radius 3 is 2.42 bits per heavy atom. The van der Waals surface area contributed by atoms with Gasteiger partial charge in [0.2, 0.25) is 0 Å². The molecule has 12 heteroatoms. The molecule has 0 spiro atoms. The number of carbonyl (C=O) groups excluding carboxylic acids is 2. The number of esters is 2. The average Bonchev–Trinajstić information content (AvgIpc) is 3.18. The number of halogens is 1. The zero-order valence-electron chi connectivity index (χ0n) is 19.4. The van der Waals surface area contributed by atoms with E-state index in [1.165, 1.54) is 16.4 Å². The van der Waals surface area contributed by atoms with Crippen molar-refractivity contribution >= 4 is 55.6 Å². The summed E-state index contributed by atoms with van der Waals surface area (Å²) in [4.78, 5) is 25.1. The van der Waals surface area contributed by atoms with Crippen molar-refractivity contribution in [3.8, 4) is 6.07 Å². The van der Waals surface area contributed by atoms with Crippen LogP contribution >= 0.6 is 22.9 Å². The van der Waals surface area contributed by atoms with E-state index in [0.717, 1.165) is 17.4 Å². The molecule has 0 atom stereocenters.